The Balaban J connectivity index is 1.95. The molecular weight excluding hydrogens is 304 g/mol. The number of esters is 1. The maximum atomic E-state index is 11.8. The highest BCUT2D eigenvalue weighted by molar-refractivity contribution is 8.02. The van der Waals surface area contributed by atoms with E-state index in [9.17, 15) is 4.79 Å². The molecule has 112 valence electrons. The normalized spacial score (nSPS) is 12.4. The molecule has 0 N–H and O–H groups in total. The molecule has 2 rings (SSSR count). The molecule has 1 heterocycles. The van der Waals surface area contributed by atoms with Crippen LogP contribution < -0.4 is 0 Å². The average molecular weight is 322 g/mol. The quantitative estimate of drug-likeness (QED) is 0.596. The fourth-order valence-corrected chi connectivity index (χ4v) is 3.52. The van der Waals surface area contributed by atoms with E-state index in [1.54, 1.807) is 0 Å². The first-order chi connectivity index (χ1) is 10.1. The summed E-state index contributed by atoms with van der Waals surface area (Å²) in [6.45, 7) is 6.32. The van der Waals surface area contributed by atoms with E-state index >= 15 is 0 Å². The second-order valence-electron chi connectivity index (χ2n) is 5.02. The van der Waals surface area contributed by atoms with Gasteiger partial charge in [0.2, 0.25) is 0 Å². The Morgan fingerprint density at radius 2 is 1.95 bits per heavy atom. The van der Waals surface area contributed by atoms with Gasteiger partial charge in [-0.1, -0.05) is 67.3 Å². The average Bonchev–Trinajstić information content (AvgIpc) is 2.94. The molecule has 0 spiro atoms. The van der Waals surface area contributed by atoms with Gasteiger partial charge in [-0.15, -0.1) is 10.2 Å². The van der Waals surface area contributed by atoms with Crippen LogP contribution in [0.2, 0.25) is 0 Å². The highest BCUT2D eigenvalue weighted by Crippen LogP contribution is 2.31. The summed E-state index contributed by atoms with van der Waals surface area (Å²) >= 11 is 2.88. The smallest absolute Gasteiger partial charge is 0.319 e. The molecule has 2 aromatic rings. The van der Waals surface area contributed by atoms with Crippen molar-refractivity contribution in [3.8, 4) is 10.6 Å². The minimum Gasteiger partial charge on any atom is -0.465 e. The number of hydrogen-bond donors (Lipinski definition) is 0. The van der Waals surface area contributed by atoms with Crippen molar-refractivity contribution in [2.45, 2.75) is 30.4 Å². The number of thioether (sulfide) groups is 1. The van der Waals surface area contributed by atoms with Gasteiger partial charge in [-0.25, -0.2) is 0 Å². The lowest BCUT2D eigenvalue weighted by molar-refractivity contribution is -0.143. The van der Waals surface area contributed by atoms with Gasteiger partial charge in [0.25, 0.3) is 0 Å². The summed E-state index contributed by atoms with van der Waals surface area (Å²) in [5, 5.41) is 8.89. The van der Waals surface area contributed by atoms with Crippen molar-refractivity contribution >= 4 is 29.1 Å². The number of benzene rings is 1. The molecule has 1 unspecified atom stereocenters. The molecule has 6 heteroatoms. The summed E-state index contributed by atoms with van der Waals surface area (Å²) in [6.07, 6.45) is 0. The van der Waals surface area contributed by atoms with Crippen LogP contribution >= 0.6 is 23.1 Å². The molecule has 0 saturated heterocycles. The van der Waals surface area contributed by atoms with E-state index in [4.69, 9.17) is 4.74 Å². The third kappa shape index (κ3) is 4.82. The molecule has 1 aromatic carbocycles. The number of aromatic nitrogens is 2. The summed E-state index contributed by atoms with van der Waals surface area (Å²) < 4.78 is 6.01. The molecule has 0 amide bonds. The second-order valence-corrected chi connectivity index (χ2v) is 7.59. The zero-order chi connectivity index (χ0) is 15.2. The molecule has 1 atom stereocenters. The number of rotatable bonds is 6. The van der Waals surface area contributed by atoms with Crippen molar-refractivity contribution in [1.29, 1.82) is 0 Å². The predicted octanol–water partition coefficient (Wildman–Crippen LogP) is 3.88. The minimum absolute atomic E-state index is 0.204. The molecule has 21 heavy (non-hydrogen) atoms. The number of ether oxygens (including phenoxy) is 1. The largest absolute Gasteiger partial charge is 0.465 e. The van der Waals surface area contributed by atoms with E-state index < -0.39 is 0 Å². The predicted molar refractivity (Wildman–Crippen MR) is 86.5 cm³/mol. The monoisotopic (exact) mass is 322 g/mol. The van der Waals surface area contributed by atoms with Crippen LogP contribution in [0.25, 0.3) is 10.6 Å². The van der Waals surface area contributed by atoms with Gasteiger partial charge in [0.05, 0.1) is 6.61 Å². The van der Waals surface area contributed by atoms with E-state index in [1.807, 2.05) is 51.1 Å². The molecule has 4 nitrogen and oxygen atoms in total. The Hall–Kier alpha value is -1.40. The number of carbonyl (C=O) groups is 1. The van der Waals surface area contributed by atoms with Gasteiger partial charge in [-0.05, 0) is 12.8 Å². The van der Waals surface area contributed by atoms with Gasteiger partial charge in [0, 0.05) is 5.56 Å². The first-order valence-corrected chi connectivity index (χ1v) is 8.48. The fraction of sp³-hybridized carbons (Fsp3) is 0.400. The summed E-state index contributed by atoms with van der Waals surface area (Å²) in [6, 6.07) is 9.89. The fourth-order valence-electron chi connectivity index (χ4n) is 1.52. The third-order valence-corrected chi connectivity index (χ3v) is 4.73. The molecule has 1 aromatic heterocycles. The van der Waals surface area contributed by atoms with Gasteiger partial charge in [0.1, 0.15) is 10.3 Å². The summed E-state index contributed by atoms with van der Waals surface area (Å²) in [7, 11) is 0. The van der Waals surface area contributed by atoms with Crippen LogP contribution in [-0.2, 0) is 9.53 Å². The summed E-state index contributed by atoms with van der Waals surface area (Å²) in [5.74, 6) is 0.141. The van der Waals surface area contributed by atoms with E-state index in [1.165, 1.54) is 23.1 Å². The van der Waals surface area contributed by atoms with E-state index in [0.29, 0.717) is 12.5 Å². The van der Waals surface area contributed by atoms with Gasteiger partial charge in [0.15, 0.2) is 4.34 Å². The lowest BCUT2D eigenvalue weighted by atomic mass is 10.2. The van der Waals surface area contributed by atoms with Crippen LogP contribution in [0.15, 0.2) is 34.7 Å². The number of carbonyl (C=O) groups excluding carboxylic acids is 1. The highest BCUT2D eigenvalue weighted by Gasteiger charge is 2.19. The molecule has 0 saturated carbocycles. The molecule has 0 radical (unpaired) electrons. The molecule has 0 fully saturated rings. The molecule has 0 bridgehead atoms. The van der Waals surface area contributed by atoms with Gasteiger partial charge in [-0.3, -0.25) is 4.79 Å². The number of nitrogens with zero attached hydrogens (tertiary/aromatic N) is 2. The van der Waals surface area contributed by atoms with Crippen molar-refractivity contribution in [2.75, 3.05) is 6.61 Å². The van der Waals surface area contributed by atoms with Gasteiger partial charge < -0.3 is 4.74 Å². The minimum atomic E-state index is -0.277. The van der Waals surface area contributed by atoms with Crippen molar-refractivity contribution < 1.29 is 9.53 Å². The van der Waals surface area contributed by atoms with Crippen LogP contribution in [0.1, 0.15) is 20.8 Å². The Bertz CT molecular complexity index is 584. The number of hydrogen-bond acceptors (Lipinski definition) is 6. The highest BCUT2D eigenvalue weighted by atomic mass is 32.2. The SMILES string of the molecule is CC(C)COC(=O)C(C)Sc1nnc(-c2ccccc2)s1. The molecular formula is C15H18N2O2S2. The van der Waals surface area contributed by atoms with Crippen LogP contribution in [0.5, 0.6) is 0 Å². The summed E-state index contributed by atoms with van der Waals surface area (Å²) in [4.78, 5) is 11.8. The Morgan fingerprint density at radius 3 is 2.62 bits per heavy atom. The van der Waals surface area contributed by atoms with Crippen LogP contribution in [0, 0.1) is 5.92 Å². The Labute approximate surface area is 132 Å². The van der Waals surface area contributed by atoms with Crippen LogP contribution in [0.3, 0.4) is 0 Å². The maximum absolute atomic E-state index is 11.8. The first-order valence-electron chi connectivity index (χ1n) is 6.78. The third-order valence-electron chi connectivity index (χ3n) is 2.60. The zero-order valence-corrected chi connectivity index (χ0v) is 13.9. The van der Waals surface area contributed by atoms with E-state index in [2.05, 4.69) is 10.2 Å². The lowest BCUT2D eigenvalue weighted by Gasteiger charge is -2.10. The van der Waals surface area contributed by atoms with Crippen molar-refractivity contribution in [3.63, 3.8) is 0 Å². The van der Waals surface area contributed by atoms with E-state index in [0.717, 1.165) is 14.9 Å². The Morgan fingerprint density at radius 1 is 1.24 bits per heavy atom. The van der Waals surface area contributed by atoms with Crippen molar-refractivity contribution in [3.05, 3.63) is 30.3 Å². The van der Waals surface area contributed by atoms with Crippen molar-refractivity contribution in [1.82, 2.24) is 10.2 Å². The topological polar surface area (TPSA) is 52.1 Å². The second kappa shape index (κ2) is 7.56. The van der Waals surface area contributed by atoms with Gasteiger partial charge >= 0.3 is 5.97 Å². The molecule has 0 aliphatic rings. The maximum Gasteiger partial charge on any atom is 0.319 e. The Kier molecular flexibility index (Phi) is 5.76. The van der Waals surface area contributed by atoms with Crippen LogP contribution in [-0.4, -0.2) is 28.0 Å². The van der Waals surface area contributed by atoms with Crippen LogP contribution in [0.4, 0.5) is 0 Å². The van der Waals surface area contributed by atoms with Gasteiger partial charge in [-0.2, -0.15) is 0 Å². The van der Waals surface area contributed by atoms with Crippen molar-refractivity contribution in [2.24, 2.45) is 5.92 Å². The lowest BCUT2D eigenvalue weighted by Crippen LogP contribution is -2.19. The first kappa shape index (κ1) is 16.0. The van der Waals surface area contributed by atoms with E-state index in [-0.39, 0.29) is 11.2 Å². The molecule has 0 aliphatic carbocycles. The zero-order valence-electron chi connectivity index (χ0n) is 12.3. The standard InChI is InChI=1S/C15H18N2O2S2/c1-10(2)9-19-14(18)11(3)20-15-17-16-13(21-15)12-7-5-4-6-8-12/h4-8,10-11H,9H2,1-3H3. The summed E-state index contributed by atoms with van der Waals surface area (Å²) in [5.41, 5.74) is 1.04. The molecule has 0 aliphatic heterocycles.